The minimum atomic E-state index is -3.99. The van der Waals surface area contributed by atoms with Crippen molar-refractivity contribution in [1.82, 2.24) is 5.32 Å². The van der Waals surface area contributed by atoms with E-state index >= 15 is 0 Å². The summed E-state index contributed by atoms with van der Waals surface area (Å²) in [5.74, 6) is -1.33. The molecule has 2 N–H and O–H groups in total. The number of amides is 1. The number of ether oxygens (including phenoxy) is 1. The van der Waals surface area contributed by atoms with Crippen LogP contribution < -0.4 is 5.32 Å². The largest absolute Gasteiger partial charge is 0.480 e. The Morgan fingerprint density at radius 1 is 0.967 bits per heavy atom. The van der Waals surface area contributed by atoms with Crippen LogP contribution in [0.5, 0.6) is 0 Å². The van der Waals surface area contributed by atoms with Crippen molar-refractivity contribution in [3.05, 3.63) is 0 Å². The molecule has 2 aliphatic carbocycles. The van der Waals surface area contributed by atoms with E-state index < -0.39 is 38.1 Å². The van der Waals surface area contributed by atoms with Gasteiger partial charge in [-0.25, -0.2) is 14.2 Å². The topological polar surface area (TPSA) is 120 Å². The molecule has 0 unspecified atom stereocenters. The van der Waals surface area contributed by atoms with Crippen molar-refractivity contribution < 1.29 is 37.6 Å². The molecule has 0 spiro atoms. The molecule has 2 saturated carbocycles. The van der Waals surface area contributed by atoms with Crippen LogP contribution in [0.25, 0.3) is 0 Å². The smallest absolute Gasteiger partial charge is 0.475 e. The molecule has 0 aliphatic heterocycles. The van der Waals surface area contributed by atoms with Crippen LogP contribution in [0.4, 0.5) is 4.79 Å². The SMILES string of the molecule is CC(C)(C)OC(=O)N[C@@H](COP(=O)(OC1CCCCC1)OC1CCCCC1)C(=O)O. The second-order valence-corrected chi connectivity index (χ2v) is 10.6. The fourth-order valence-electron chi connectivity index (χ4n) is 3.58. The number of carbonyl (C=O) groups excluding carboxylic acids is 1. The fraction of sp³-hybridized carbons (Fsp3) is 0.900. The maximum absolute atomic E-state index is 13.4. The number of carboxylic acid groups (broad SMARTS) is 1. The van der Waals surface area contributed by atoms with E-state index in [-0.39, 0.29) is 12.2 Å². The van der Waals surface area contributed by atoms with E-state index in [1.165, 1.54) is 0 Å². The Morgan fingerprint density at radius 2 is 1.43 bits per heavy atom. The molecule has 0 aromatic rings. The predicted octanol–water partition coefficient (Wildman–Crippen LogP) is 4.79. The molecule has 2 fully saturated rings. The summed E-state index contributed by atoms with van der Waals surface area (Å²) < 4.78 is 35.5. The van der Waals surface area contributed by atoms with Crippen LogP contribution in [0.15, 0.2) is 0 Å². The van der Waals surface area contributed by atoms with Crippen molar-refractivity contribution in [2.45, 2.75) is 109 Å². The highest BCUT2D eigenvalue weighted by Crippen LogP contribution is 2.54. The standard InChI is InChI=1S/C20H36NO8P/c1-20(2,3)27-19(24)21-17(18(22)23)14-26-30(25,28-15-10-6-4-7-11-15)29-16-12-8-5-9-13-16/h15-17H,4-14H2,1-3H3,(H,21,24)(H,22,23)/t17-/m0/s1. The Labute approximate surface area is 178 Å². The lowest BCUT2D eigenvalue weighted by Crippen LogP contribution is -2.46. The van der Waals surface area contributed by atoms with Gasteiger partial charge in [-0.3, -0.25) is 13.6 Å². The molecule has 9 nitrogen and oxygen atoms in total. The zero-order valence-electron chi connectivity index (χ0n) is 18.3. The Morgan fingerprint density at radius 3 is 1.83 bits per heavy atom. The Bertz CT molecular complexity index is 584. The van der Waals surface area contributed by atoms with Gasteiger partial charge in [-0.05, 0) is 46.5 Å². The third-order valence-electron chi connectivity index (χ3n) is 5.05. The average molecular weight is 449 g/mol. The van der Waals surface area contributed by atoms with Gasteiger partial charge in [0, 0.05) is 0 Å². The van der Waals surface area contributed by atoms with Gasteiger partial charge >= 0.3 is 19.9 Å². The molecular weight excluding hydrogens is 413 g/mol. The summed E-state index contributed by atoms with van der Waals surface area (Å²) in [7, 11) is -3.99. The number of phosphoric acid groups is 1. The first-order valence-electron chi connectivity index (χ1n) is 10.9. The highest BCUT2D eigenvalue weighted by Gasteiger charge is 2.37. The van der Waals surface area contributed by atoms with Crippen molar-refractivity contribution >= 4 is 19.9 Å². The molecule has 0 bridgehead atoms. The highest BCUT2D eigenvalue weighted by atomic mass is 31.2. The molecule has 0 aromatic carbocycles. The number of alkyl carbamates (subject to hydrolysis) is 1. The molecule has 30 heavy (non-hydrogen) atoms. The second kappa shape index (κ2) is 11.5. The van der Waals surface area contributed by atoms with Gasteiger partial charge in [0.05, 0.1) is 18.8 Å². The summed E-state index contributed by atoms with van der Waals surface area (Å²) in [5, 5.41) is 11.7. The van der Waals surface area contributed by atoms with Crippen molar-refractivity contribution in [1.29, 1.82) is 0 Å². The molecule has 0 radical (unpaired) electrons. The van der Waals surface area contributed by atoms with E-state index in [9.17, 15) is 19.3 Å². The lowest BCUT2D eigenvalue weighted by molar-refractivity contribution is -0.140. The van der Waals surface area contributed by atoms with Gasteiger partial charge in [0.15, 0.2) is 6.04 Å². The number of rotatable bonds is 9. The van der Waals surface area contributed by atoms with Crippen LogP contribution in [-0.2, 0) is 27.7 Å². The fourth-order valence-corrected chi connectivity index (χ4v) is 5.24. The number of carboxylic acids is 1. The lowest BCUT2D eigenvalue weighted by Gasteiger charge is -2.31. The molecule has 10 heteroatoms. The van der Waals surface area contributed by atoms with Crippen LogP contribution in [0.2, 0.25) is 0 Å². The van der Waals surface area contributed by atoms with Crippen LogP contribution in [0.1, 0.15) is 85.0 Å². The van der Waals surface area contributed by atoms with Gasteiger partial charge < -0.3 is 15.2 Å². The number of carbonyl (C=O) groups is 2. The molecule has 174 valence electrons. The van der Waals surface area contributed by atoms with Crippen LogP contribution in [-0.4, -0.2) is 47.6 Å². The lowest BCUT2D eigenvalue weighted by atomic mass is 9.98. The normalized spacial score (nSPS) is 20.5. The summed E-state index contributed by atoms with van der Waals surface area (Å²) >= 11 is 0. The number of nitrogens with one attached hydrogen (secondary N) is 1. The summed E-state index contributed by atoms with van der Waals surface area (Å²) in [6, 6.07) is -1.45. The minimum absolute atomic E-state index is 0.240. The van der Waals surface area contributed by atoms with Gasteiger partial charge in [0.1, 0.15) is 5.60 Å². The van der Waals surface area contributed by atoms with Crippen molar-refractivity contribution in [3.63, 3.8) is 0 Å². The Balaban J connectivity index is 2.01. The Hall–Kier alpha value is -1.15. The van der Waals surface area contributed by atoms with E-state index in [2.05, 4.69) is 5.32 Å². The van der Waals surface area contributed by atoms with Gasteiger partial charge in [0.25, 0.3) is 0 Å². The molecular formula is C20H36NO8P. The number of hydrogen-bond donors (Lipinski definition) is 2. The molecule has 0 saturated heterocycles. The summed E-state index contributed by atoms with van der Waals surface area (Å²) in [5.41, 5.74) is -0.780. The van der Waals surface area contributed by atoms with Gasteiger partial charge in [0.2, 0.25) is 0 Å². The summed E-state index contributed by atoms with van der Waals surface area (Å²) in [6.45, 7) is 4.46. The van der Waals surface area contributed by atoms with Gasteiger partial charge in [-0.1, -0.05) is 38.5 Å². The van der Waals surface area contributed by atoms with Gasteiger partial charge in [-0.2, -0.15) is 0 Å². The van der Waals surface area contributed by atoms with Gasteiger partial charge in [-0.15, -0.1) is 0 Å². The minimum Gasteiger partial charge on any atom is -0.480 e. The monoisotopic (exact) mass is 449 g/mol. The first-order valence-corrected chi connectivity index (χ1v) is 12.4. The maximum atomic E-state index is 13.4. The van der Waals surface area contributed by atoms with Crippen LogP contribution >= 0.6 is 7.82 Å². The van der Waals surface area contributed by atoms with E-state index in [0.717, 1.165) is 64.2 Å². The number of aliphatic carboxylic acids is 1. The Kier molecular flexibility index (Phi) is 9.60. The van der Waals surface area contributed by atoms with Crippen molar-refractivity contribution in [3.8, 4) is 0 Å². The van der Waals surface area contributed by atoms with Crippen molar-refractivity contribution in [2.75, 3.05) is 6.61 Å². The first kappa shape index (κ1) is 25.1. The molecule has 2 rings (SSSR count). The molecule has 0 aromatic heterocycles. The maximum Gasteiger partial charge on any atom is 0.475 e. The first-order chi connectivity index (χ1) is 14.1. The number of hydrogen-bond acceptors (Lipinski definition) is 7. The molecule has 2 aliphatic rings. The third kappa shape index (κ3) is 9.33. The number of phosphoric ester groups is 1. The zero-order chi connectivity index (χ0) is 22.2. The average Bonchev–Trinajstić information content (AvgIpc) is 2.65. The summed E-state index contributed by atoms with van der Waals surface area (Å²) in [6.07, 6.45) is 7.81. The van der Waals surface area contributed by atoms with E-state index in [4.69, 9.17) is 18.3 Å². The van der Waals surface area contributed by atoms with Crippen molar-refractivity contribution in [2.24, 2.45) is 0 Å². The van der Waals surface area contributed by atoms with Crippen LogP contribution in [0, 0.1) is 0 Å². The highest BCUT2D eigenvalue weighted by molar-refractivity contribution is 7.48. The second-order valence-electron chi connectivity index (χ2n) is 9.01. The van der Waals surface area contributed by atoms with Crippen LogP contribution in [0.3, 0.4) is 0 Å². The molecule has 0 heterocycles. The molecule has 1 atom stereocenters. The summed E-state index contributed by atoms with van der Waals surface area (Å²) in [4.78, 5) is 23.5. The van der Waals surface area contributed by atoms with E-state index in [1.807, 2.05) is 0 Å². The van der Waals surface area contributed by atoms with E-state index in [1.54, 1.807) is 20.8 Å². The molecule has 1 amide bonds. The quantitative estimate of drug-likeness (QED) is 0.482. The predicted molar refractivity (Wildman–Crippen MR) is 110 cm³/mol. The zero-order valence-corrected chi connectivity index (χ0v) is 19.2. The third-order valence-corrected chi connectivity index (χ3v) is 6.63. The van der Waals surface area contributed by atoms with E-state index in [0.29, 0.717) is 0 Å².